The van der Waals surface area contributed by atoms with Crippen molar-refractivity contribution in [3.63, 3.8) is 0 Å². The van der Waals surface area contributed by atoms with Crippen LogP contribution in [-0.4, -0.2) is 4.57 Å². The van der Waals surface area contributed by atoms with Crippen LogP contribution in [-0.2, 0) is 6.42 Å². The van der Waals surface area contributed by atoms with Crippen LogP contribution < -0.4 is 9.80 Å². The predicted octanol–water partition coefficient (Wildman–Crippen LogP) is 14.6. The lowest BCUT2D eigenvalue weighted by Gasteiger charge is -2.32. The molecule has 0 saturated carbocycles. The fraction of sp³-hybridized carbons (Fsp3) is 0.0400. The summed E-state index contributed by atoms with van der Waals surface area (Å²) in [5.41, 5.74) is 13.0. The molecule has 0 bridgehead atoms. The van der Waals surface area contributed by atoms with E-state index in [9.17, 15) is 0 Å². The maximum Gasteiger partial charge on any atom is 0.0887 e. The lowest BCUT2D eigenvalue weighted by atomic mass is 10.0. The van der Waals surface area contributed by atoms with E-state index in [0.29, 0.717) is 5.02 Å². The number of hydrogen-bond acceptors (Lipinski definition) is 2. The number of hydrogen-bond donors (Lipinski definition) is 0. The van der Waals surface area contributed by atoms with Crippen molar-refractivity contribution in [1.82, 2.24) is 4.57 Å². The third-order valence-corrected chi connectivity index (χ3v) is 10.6. The van der Waals surface area contributed by atoms with E-state index in [1.54, 1.807) is 0 Å². The van der Waals surface area contributed by atoms with Crippen LogP contribution in [0.15, 0.2) is 200 Å². The van der Waals surface area contributed by atoms with Gasteiger partial charge in [0.1, 0.15) is 0 Å². The summed E-state index contributed by atoms with van der Waals surface area (Å²) in [6.07, 6.45) is 0.857. The quantitative estimate of drug-likeness (QED) is 0.147. The minimum Gasteiger partial charge on any atom is -0.309 e. The highest BCUT2D eigenvalue weighted by Crippen LogP contribution is 2.48. The van der Waals surface area contributed by atoms with Crippen molar-refractivity contribution in [2.75, 3.05) is 9.80 Å². The van der Waals surface area contributed by atoms with Crippen LogP contribution >= 0.6 is 11.6 Å². The van der Waals surface area contributed by atoms with Crippen molar-refractivity contribution >= 4 is 67.5 Å². The first kappa shape index (κ1) is 33.3. The lowest BCUT2D eigenvalue weighted by molar-refractivity contribution is 1.12. The molecule has 8 aromatic carbocycles. The average Bonchev–Trinajstić information content (AvgIpc) is 3.58. The van der Waals surface area contributed by atoms with Gasteiger partial charge >= 0.3 is 0 Å². The first-order valence-electron chi connectivity index (χ1n) is 18.4. The number of aryl methyl sites for hydroxylation is 1. The molecule has 1 heterocycles. The number of halogens is 1. The number of benzene rings is 8. The van der Waals surface area contributed by atoms with E-state index < -0.39 is 0 Å². The molecule has 0 saturated heterocycles. The Morgan fingerprint density at radius 3 is 1.37 bits per heavy atom. The van der Waals surface area contributed by atoms with E-state index in [-0.39, 0.29) is 0 Å². The smallest absolute Gasteiger partial charge is 0.0887 e. The Balaban J connectivity index is 1.16. The Labute approximate surface area is 321 Å². The van der Waals surface area contributed by atoms with Crippen LogP contribution in [0, 0.1) is 0 Å². The summed E-state index contributed by atoms with van der Waals surface area (Å²) in [7, 11) is 0. The normalized spacial score (nSPS) is 11.2. The van der Waals surface area contributed by atoms with Crippen molar-refractivity contribution in [3.05, 3.63) is 211 Å². The van der Waals surface area contributed by atoms with Gasteiger partial charge in [0, 0.05) is 39.2 Å². The summed E-state index contributed by atoms with van der Waals surface area (Å²) >= 11 is 7.65. The van der Waals surface area contributed by atoms with E-state index in [2.05, 4.69) is 209 Å². The molecule has 0 aliphatic carbocycles. The van der Waals surface area contributed by atoms with E-state index in [4.69, 9.17) is 11.6 Å². The molecule has 0 amide bonds. The van der Waals surface area contributed by atoms with Crippen LogP contribution in [0.1, 0.15) is 12.5 Å². The molecule has 0 fully saturated rings. The topological polar surface area (TPSA) is 11.4 Å². The number of para-hydroxylation sites is 5. The van der Waals surface area contributed by atoms with Crippen molar-refractivity contribution in [2.45, 2.75) is 13.3 Å². The van der Waals surface area contributed by atoms with Gasteiger partial charge in [-0.2, -0.15) is 0 Å². The molecular formula is C50H38ClN3. The molecule has 0 aliphatic rings. The molecule has 260 valence electrons. The third-order valence-electron chi connectivity index (χ3n) is 10.2. The Morgan fingerprint density at radius 2 is 0.870 bits per heavy atom. The monoisotopic (exact) mass is 715 g/mol. The highest BCUT2D eigenvalue weighted by Gasteiger charge is 2.24. The largest absolute Gasteiger partial charge is 0.309 e. The van der Waals surface area contributed by atoms with E-state index in [1.165, 1.54) is 27.4 Å². The minimum atomic E-state index is 0.671. The summed E-state index contributed by atoms with van der Waals surface area (Å²) < 4.78 is 2.36. The van der Waals surface area contributed by atoms with Crippen molar-refractivity contribution in [2.24, 2.45) is 0 Å². The summed E-state index contributed by atoms with van der Waals surface area (Å²) in [6.45, 7) is 2.20. The van der Waals surface area contributed by atoms with E-state index in [0.717, 1.165) is 57.4 Å². The van der Waals surface area contributed by atoms with Gasteiger partial charge in [-0.1, -0.05) is 134 Å². The second-order valence-electron chi connectivity index (χ2n) is 13.4. The Bertz CT molecular complexity index is 2610. The predicted molar refractivity (Wildman–Crippen MR) is 230 cm³/mol. The van der Waals surface area contributed by atoms with Gasteiger partial charge in [-0.05, 0) is 108 Å². The lowest BCUT2D eigenvalue weighted by Crippen LogP contribution is -2.15. The van der Waals surface area contributed by atoms with Gasteiger partial charge in [0.15, 0.2) is 0 Å². The summed E-state index contributed by atoms with van der Waals surface area (Å²) in [5, 5.41) is 3.19. The molecule has 9 rings (SSSR count). The van der Waals surface area contributed by atoms with Crippen molar-refractivity contribution < 1.29 is 0 Å². The van der Waals surface area contributed by atoms with Gasteiger partial charge < -0.3 is 14.4 Å². The number of nitrogens with zero attached hydrogens (tertiary/aromatic N) is 3. The first-order valence-corrected chi connectivity index (χ1v) is 18.8. The summed E-state index contributed by atoms with van der Waals surface area (Å²) in [4.78, 5) is 4.54. The van der Waals surface area contributed by atoms with Gasteiger partial charge in [-0.3, -0.25) is 0 Å². The molecular weight excluding hydrogens is 678 g/mol. The van der Waals surface area contributed by atoms with E-state index in [1.807, 2.05) is 12.1 Å². The highest BCUT2D eigenvalue weighted by molar-refractivity contribution is 6.36. The molecule has 4 heteroatoms. The van der Waals surface area contributed by atoms with Gasteiger partial charge in [0.2, 0.25) is 0 Å². The Hall–Kier alpha value is -6.55. The average molecular weight is 716 g/mol. The number of fused-ring (bicyclic) bond motifs is 3. The van der Waals surface area contributed by atoms with Crippen molar-refractivity contribution in [3.8, 4) is 16.8 Å². The zero-order valence-corrected chi connectivity index (χ0v) is 30.7. The molecule has 9 aromatic rings. The van der Waals surface area contributed by atoms with Gasteiger partial charge in [-0.25, -0.2) is 0 Å². The maximum atomic E-state index is 7.65. The molecule has 54 heavy (non-hydrogen) atoms. The third kappa shape index (κ3) is 6.09. The molecule has 0 N–H and O–H groups in total. The van der Waals surface area contributed by atoms with Crippen LogP contribution in [0.2, 0.25) is 5.02 Å². The van der Waals surface area contributed by atoms with Gasteiger partial charge in [0.05, 0.1) is 27.4 Å². The molecule has 0 aliphatic heterocycles. The molecule has 0 atom stereocenters. The Morgan fingerprint density at radius 1 is 0.426 bits per heavy atom. The highest BCUT2D eigenvalue weighted by atomic mass is 35.5. The van der Waals surface area contributed by atoms with Gasteiger partial charge in [0.25, 0.3) is 0 Å². The van der Waals surface area contributed by atoms with Crippen LogP contribution in [0.4, 0.5) is 34.1 Å². The minimum absolute atomic E-state index is 0.671. The number of rotatable bonds is 9. The standard InChI is InChI=1S/C50H38ClN3/c1-2-36-33-48(52(39-18-6-3-7-19-39)40-20-8-4-9-21-40)50(51)49(34-36)53(41-22-10-5-11-23-41)43-24-16-17-38(35-43)37-29-31-42(32-30-37)54-46-27-14-12-25-44(46)45-26-13-15-28-47(45)54/h3-35H,2H2,1H3. The number of aromatic nitrogens is 1. The summed E-state index contributed by atoms with van der Waals surface area (Å²) in [5.74, 6) is 0. The molecule has 1 aromatic heterocycles. The SMILES string of the molecule is CCc1cc(N(c2ccccc2)c2ccccc2)c(Cl)c(N(c2ccccc2)c2cccc(-c3ccc(-n4c5ccccc5c5ccccc54)cc3)c2)c1. The maximum absolute atomic E-state index is 7.65. The van der Waals surface area contributed by atoms with Crippen LogP contribution in [0.5, 0.6) is 0 Å². The first-order chi connectivity index (χ1) is 26.7. The molecule has 3 nitrogen and oxygen atoms in total. The molecule has 0 unspecified atom stereocenters. The van der Waals surface area contributed by atoms with Crippen LogP contribution in [0.25, 0.3) is 38.6 Å². The van der Waals surface area contributed by atoms with Crippen molar-refractivity contribution in [1.29, 1.82) is 0 Å². The molecule has 0 spiro atoms. The zero-order valence-electron chi connectivity index (χ0n) is 30.0. The number of anilines is 6. The fourth-order valence-electron chi connectivity index (χ4n) is 7.59. The second-order valence-corrected chi connectivity index (χ2v) is 13.8. The Kier molecular flexibility index (Phi) is 8.92. The molecule has 0 radical (unpaired) electrons. The van der Waals surface area contributed by atoms with E-state index >= 15 is 0 Å². The zero-order chi connectivity index (χ0) is 36.4. The van der Waals surface area contributed by atoms with Gasteiger partial charge in [-0.15, -0.1) is 0 Å². The second kappa shape index (κ2) is 14.5. The summed E-state index contributed by atoms with van der Waals surface area (Å²) in [6, 6.07) is 70.8. The fourth-order valence-corrected chi connectivity index (χ4v) is 7.87. The van der Waals surface area contributed by atoms with Crippen LogP contribution in [0.3, 0.4) is 0 Å².